The Bertz CT molecular complexity index is 365. The fourth-order valence-electron chi connectivity index (χ4n) is 1.65. The summed E-state index contributed by atoms with van der Waals surface area (Å²) in [5.41, 5.74) is 1.10. The van der Waals surface area contributed by atoms with E-state index in [2.05, 4.69) is 34.2 Å². The molecule has 1 rings (SSSR count). The first-order chi connectivity index (χ1) is 8.56. The Kier molecular flexibility index (Phi) is 6.68. The quantitative estimate of drug-likeness (QED) is 0.812. The highest BCUT2D eigenvalue weighted by molar-refractivity contribution is 9.10. The molecular weight excluding hydrogens is 294 g/mol. The van der Waals surface area contributed by atoms with Crippen molar-refractivity contribution in [1.29, 1.82) is 0 Å². The van der Waals surface area contributed by atoms with Gasteiger partial charge in [0.15, 0.2) is 0 Å². The molecule has 0 bridgehead atoms. The van der Waals surface area contributed by atoms with Gasteiger partial charge in [-0.1, -0.05) is 22.9 Å². The Morgan fingerprint density at radius 2 is 2.11 bits per heavy atom. The van der Waals surface area contributed by atoms with Gasteiger partial charge in [0.25, 0.3) is 0 Å². The summed E-state index contributed by atoms with van der Waals surface area (Å²) in [5, 5.41) is 12.5. The van der Waals surface area contributed by atoms with E-state index in [1.54, 1.807) is 0 Å². The van der Waals surface area contributed by atoms with Gasteiger partial charge in [-0.3, -0.25) is 0 Å². The number of halogens is 1. The smallest absolute Gasteiger partial charge is 0.124 e. The molecule has 1 aromatic carbocycles. The van der Waals surface area contributed by atoms with Crippen LogP contribution in [0.5, 0.6) is 5.75 Å². The predicted molar refractivity (Wildman–Crippen MR) is 77.9 cm³/mol. The van der Waals surface area contributed by atoms with Crippen LogP contribution in [0.4, 0.5) is 0 Å². The van der Waals surface area contributed by atoms with Gasteiger partial charge in [-0.2, -0.15) is 0 Å². The van der Waals surface area contributed by atoms with Crippen molar-refractivity contribution in [2.45, 2.75) is 45.9 Å². The van der Waals surface area contributed by atoms with Crippen molar-refractivity contribution in [2.75, 3.05) is 6.61 Å². The fraction of sp³-hybridized carbons (Fsp3) is 0.571. The molecule has 4 heteroatoms. The number of ether oxygens (including phenoxy) is 1. The molecule has 102 valence electrons. The van der Waals surface area contributed by atoms with Crippen molar-refractivity contribution in [3.05, 3.63) is 28.2 Å². The van der Waals surface area contributed by atoms with E-state index in [9.17, 15) is 5.11 Å². The lowest BCUT2D eigenvalue weighted by Gasteiger charge is -2.18. The second-order valence-electron chi connectivity index (χ2n) is 4.59. The van der Waals surface area contributed by atoms with E-state index in [-0.39, 0.29) is 18.8 Å². The molecule has 0 heterocycles. The van der Waals surface area contributed by atoms with Crippen molar-refractivity contribution in [2.24, 2.45) is 0 Å². The third-order valence-electron chi connectivity index (χ3n) is 2.68. The molecule has 0 unspecified atom stereocenters. The van der Waals surface area contributed by atoms with Gasteiger partial charge in [0.1, 0.15) is 5.75 Å². The number of nitrogens with one attached hydrogen (secondary N) is 1. The van der Waals surface area contributed by atoms with E-state index >= 15 is 0 Å². The number of benzene rings is 1. The highest BCUT2D eigenvalue weighted by Gasteiger charge is 2.09. The number of hydrogen-bond acceptors (Lipinski definition) is 3. The molecule has 0 spiro atoms. The standard InChI is InChI=1S/C14H22BrNO2/c1-4-13(9-17)16-8-11-7-12(15)5-6-14(11)18-10(2)3/h5-7,10,13,16-17H,4,8-9H2,1-3H3/t13-/m0/s1. The molecule has 1 atom stereocenters. The first-order valence-corrected chi connectivity index (χ1v) is 7.15. The molecular formula is C14H22BrNO2. The number of rotatable bonds is 7. The van der Waals surface area contributed by atoms with Crippen molar-refractivity contribution < 1.29 is 9.84 Å². The Labute approximate surface area is 118 Å². The molecule has 1 aromatic rings. The minimum atomic E-state index is 0.135. The molecule has 0 saturated heterocycles. The molecule has 0 aromatic heterocycles. The summed E-state index contributed by atoms with van der Waals surface area (Å²) >= 11 is 3.47. The first kappa shape index (κ1) is 15.5. The topological polar surface area (TPSA) is 41.5 Å². The van der Waals surface area contributed by atoms with Crippen molar-refractivity contribution in [3.63, 3.8) is 0 Å². The maximum atomic E-state index is 9.17. The van der Waals surface area contributed by atoms with E-state index in [4.69, 9.17) is 4.74 Å². The van der Waals surface area contributed by atoms with Crippen LogP contribution in [0.3, 0.4) is 0 Å². The normalized spacial score (nSPS) is 12.8. The summed E-state index contributed by atoms with van der Waals surface area (Å²) in [5.74, 6) is 0.897. The zero-order valence-corrected chi connectivity index (χ0v) is 12.8. The molecule has 0 fully saturated rings. The SMILES string of the molecule is CC[C@@H](CO)NCc1cc(Br)ccc1OC(C)C. The van der Waals surface area contributed by atoms with Crippen LogP contribution in [-0.2, 0) is 6.54 Å². The van der Waals surface area contributed by atoms with Crippen molar-refractivity contribution in [1.82, 2.24) is 5.32 Å². The van der Waals surface area contributed by atoms with Gasteiger partial charge < -0.3 is 15.2 Å². The minimum absolute atomic E-state index is 0.135. The molecule has 0 amide bonds. The van der Waals surface area contributed by atoms with E-state index in [0.717, 1.165) is 22.2 Å². The van der Waals surface area contributed by atoms with Gasteiger partial charge in [0.05, 0.1) is 12.7 Å². The van der Waals surface area contributed by atoms with Crippen LogP contribution in [0.25, 0.3) is 0 Å². The van der Waals surface area contributed by atoms with E-state index < -0.39 is 0 Å². The Morgan fingerprint density at radius 1 is 1.39 bits per heavy atom. The molecule has 0 aliphatic carbocycles. The molecule has 0 aliphatic heterocycles. The average Bonchev–Trinajstić information content (AvgIpc) is 2.33. The van der Waals surface area contributed by atoms with Crippen LogP contribution < -0.4 is 10.1 Å². The maximum Gasteiger partial charge on any atom is 0.124 e. The highest BCUT2D eigenvalue weighted by Crippen LogP contribution is 2.24. The average molecular weight is 316 g/mol. The molecule has 18 heavy (non-hydrogen) atoms. The van der Waals surface area contributed by atoms with Crippen LogP contribution in [0.1, 0.15) is 32.8 Å². The van der Waals surface area contributed by atoms with Gasteiger partial charge in [0.2, 0.25) is 0 Å². The summed E-state index contributed by atoms with van der Waals surface area (Å²) < 4.78 is 6.81. The fourth-order valence-corrected chi connectivity index (χ4v) is 2.06. The van der Waals surface area contributed by atoms with Crippen LogP contribution in [0.15, 0.2) is 22.7 Å². The number of hydrogen-bond donors (Lipinski definition) is 2. The Morgan fingerprint density at radius 3 is 2.67 bits per heavy atom. The number of aliphatic hydroxyl groups is 1. The summed E-state index contributed by atoms with van der Waals surface area (Å²) in [4.78, 5) is 0. The molecule has 3 nitrogen and oxygen atoms in total. The summed E-state index contributed by atoms with van der Waals surface area (Å²) in [6, 6.07) is 6.14. The molecule has 0 radical (unpaired) electrons. The number of aliphatic hydroxyl groups excluding tert-OH is 1. The third-order valence-corrected chi connectivity index (χ3v) is 3.17. The Hall–Kier alpha value is -0.580. The predicted octanol–water partition coefficient (Wildman–Crippen LogP) is 3.10. The third kappa shape index (κ3) is 4.96. The monoisotopic (exact) mass is 315 g/mol. The minimum Gasteiger partial charge on any atom is -0.491 e. The van der Waals surface area contributed by atoms with Gasteiger partial charge >= 0.3 is 0 Å². The Balaban J connectivity index is 2.75. The summed E-state index contributed by atoms with van der Waals surface area (Å²) in [7, 11) is 0. The van der Waals surface area contributed by atoms with Crippen LogP contribution in [0.2, 0.25) is 0 Å². The van der Waals surface area contributed by atoms with Crippen LogP contribution in [-0.4, -0.2) is 23.9 Å². The molecule has 0 aliphatic rings. The lowest BCUT2D eigenvalue weighted by Crippen LogP contribution is -2.31. The van der Waals surface area contributed by atoms with E-state index in [1.165, 1.54) is 0 Å². The van der Waals surface area contributed by atoms with Gasteiger partial charge in [0, 0.05) is 22.6 Å². The second kappa shape index (κ2) is 7.77. The zero-order valence-electron chi connectivity index (χ0n) is 11.2. The maximum absolute atomic E-state index is 9.17. The van der Waals surface area contributed by atoms with Crippen molar-refractivity contribution in [3.8, 4) is 5.75 Å². The van der Waals surface area contributed by atoms with Crippen LogP contribution in [0, 0.1) is 0 Å². The van der Waals surface area contributed by atoms with Crippen LogP contribution >= 0.6 is 15.9 Å². The summed E-state index contributed by atoms with van der Waals surface area (Å²) in [6.45, 7) is 6.94. The largest absolute Gasteiger partial charge is 0.491 e. The van der Waals surface area contributed by atoms with E-state index in [0.29, 0.717) is 6.54 Å². The molecule has 0 saturated carbocycles. The second-order valence-corrected chi connectivity index (χ2v) is 5.50. The molecule has 2 N–H and O–H groups in total. The lowest BCUT2D eigenvalue weighted by molar-refractivity contribution is 0.230. The lowest BCUT2D eigenvalue weighted by atomic mass is 10.1. The summed E-state index contributed by atoms with van der Waals surface area (Å²) in [6.07, 6.45) is 1.06. The van der Waals surface area contributed by atoms with Crippen molar-refractivity contribution >= 4 is 15.9 Å². The van der Waals surface area contributed by atoms with Gasteiger partial charge in [-0.05, 0) is 38.5 Å². The van der Waals surface area contributed by atoms with E-state index in [1.807, 2.05) is 26.0 Å². The highest BCUT2D eigenvalue weighted by atomic mass is 79.9. The van der Waals surface area contributed by atoms with Gasteiger partial charge in [-0.15, -0.1) is 0 Å². The zero-order chi connectivity index (χ0) is 13.5. The first-order valence-electron chi connectivity index (χ1n) is 6.36. The van der Waals surface area contributed by atoms with Gasteiger partial charge in [-0.25, -0.2) is 0 Å².